The highest BCUT2D eigenvalue weighted by atomic mass is 19.1. The van der Waals surface area contributed by atoms with Crippen LogP contribution in [0.3, 0.4) is 0 Å². The van der Waals surface area contributed by atoms with E-state index in [1.165, 1.54) is 0 Å². The lowest BCUT2D eigenvalue weighted by molar-refractivity contribution is -0.00566. The van der Waals surface area contributed by atoms with Crippen LogP contribution in [-0.2, 0) is 11.3 Å². The quantitative estimate of drug-likeness (QED) is 0.841. The van der Waals surface area contributed by atoms with Crippen molar-refractivity contribution in [2.24, 2.45) is 0 Å². The van der Waals surface area contributed by atoms with Crippen LogP contribution in [0.5, 0.6) is 0 Å². The second-order valence-electron chi connectivity index (χ2n) is 5.45. The van der Waals surface area contributed by atoms with E-state index in [0.29, 0.717) is 31.0 Å². The van der Waals surface area contributed by atoms with Gasteiger partial charge in [0.15, 0.2) is 11.6 Å². The third-order valence-electron chi connectivity index (χ3n) is 3.41. The summed E-state index contributed by atoms with van der Waals surface area (Å²) in [5.74, 6) is 0.236. The standard InChI is InChI=1S/C15H24FN3O/c1-4-6-17-8-13-5-7-18-15(14(13)16)19-9-11(2)20-12(3)10-19/h5,7,11-12,17H,4,6,8-10H2,1-3H3. The predicted molar refractivity (Wildman–Crippen MR) is 78.4 cm³/mol. The summed E-state index contributed by atoms with van der Waals surface area (Å²) in [7, 11) is 0. The molecule has 1 aromatic heterocycles. The molecule has 1 aromatic rings. The Balaban J connectivity index is 2.13. The number of aromatic nitrogens is 1. The number of morpholine rings is 1. The number of halogens is 1. The van der Waals surface area contributed by atoms with E-state index in [9.17, 15) is 4.39 Å². The Kier molecular flexibility index (Phi) is 5.31. The zero-order chi connectivity index (χ0) is 14.5. The lowest BCUT2D eigenvalue weighted by Gasteiger charge is -2.36. The number of nitrogens with zero attached hydrogens (tertiary/aromatic N) is 2. The Morgan fingerprint density at radius 1 is 1.40 bits per heavy atom. The SMILES string of the molecule is CCCNCc1ccnc(N2CC(C)OC(C)C2)c1F. The van der Waals surface area contributed by atoms with Gasteiger partial charge in [0, 0.05) is 31.4 Å². The van der Waals surface area contributed by atoms with Crippen molar-refractivity contribution in [3.63, 3.8) is 0 Å². The Morgan fingerprint density at radius 2 is 2.10 bits per heavy atom. The van der Waals surface area contributed by atoms with E-state index in [-0.39, 0.29) is 18.0 Å². The molecule has 0 radical (unpaired) electrons. The van der Waals surface area contributed by atoms with Gasteiger partial charge >= 0.3 is 0 Å². The largest absolute Gasteiger partial charge is 0.372 e. The van der Waals surface area contributed by atoms with Crippen LogP contribution in [0, 0.1) is 5.82 Å². The number of rotatable bonds is 5. The smallest absolute Gasteiger partial charge is 0.170 e. The van der Waals surface area contributed by atoms with E-state index in [0.717, 1.165) is 13.0 Å². The monoisotopic (exact) mass is 281 g/mol. The van der Waals surface area contributed by atoms with E-state index >= 15 is 0 Å². The van der Waals surface area contributed by atoms with Gasteiger partial charge in [-0.3, -0.25) is 0 Å². The molecular weight excluding hydrogens is 257 g/mol. The van der Waals surface area contributed by atoms with Gasteiger partial charge < -0.3 is 15.0 Å². The number of hydrogen-bond donors (Lipinski definition) is 1. The van der Waals surface area contributed by atoms with Crippen LogP contribution in [0.15, 0.2) is 12.3 Å². The van der Waals surface area contributed by atoms with Crippen molar-refractivity contribution in [3.05, 3.63) is 23.6 Å². The number of nitrogens with one attached hydrogen (secondary N) is 1. The zero-order valence-electron chi connectivity index (χ0n) is 12.5. The highest BCUT2D eigenvalue weighted by Crippen LogP contribution is 2.23. The van der Waals surface area contributed by atoms with Crippen molar-refractivity contribution in [1.29, 1.82) is 0 Å². The molecule has 1 saturated heterocycles. The molecule has 112 valence electrons. The van der Waals surface area contributed by atoms with E-state index in [1.54, 1.807) is 12.3 Å². The third-order valence-corrected chi connectivity index (χ3v) is 3.41. The average Bonchev–Trinajstić information content (AvgIpc) is 2.40. The summed E-state index contributed by atoms with van der Waals surface area (Å²) in [6, 6.07) is 1.74. The minimum absolute atomic E-state index is 0.0989. The van der Waals surface area contributed by atoms with Gasteiger partial charge in [-0.05, 0) is 32.9 Å². The zero-order valence-corrected chi connectivity index (χ0v) is 12.5. The highest BCUT2D eigenvalue weighted by Gasteiger charge is 2.25. The minimum atomic E-state index is -0.211. The maximum absolute atomic E-state index is 14.6. The first-order valence-corrected chi connectivity index (χ1v) is 7.36. The van der Waals surface area contributed by atoms with Crippen LogP contribution >= 0.6 is 0 Å². The van der Waals surface area contributed by atoms with E-state index in [4.69, 9.17) is 4.74 Å². The number of hydrogen-bond acceptors (Lipinski definition) is 4. The van der Waals surface area contributed by atoms with Crippen LogP contribution in [0.25, 0.3) is 0 Å². The highest BCUT2D eigenvalue weighted by molar-refractivity contribution is 5.43. The van der Waals surface area contributed by atoms with Crippen LogP contribution in [0.2, 0.25) is 0 Å². The second kappa shape index (κ2) is 6.99. The van der Waals surface area contributed by atoms with Crippen molar-refractivity contribution < 1.29 is 9.13 Å². The normalized spacial score (nSPS) is 23.1. The molecule has 4 nitrogen and oxygen atoms in total. The fraction of sp³-hybridized carbons (Fsp3) is 0.667. The van der Waals surface area contributed by atoms with Gasteiger partial charge in [-0.25, -0.2) is 9.37 Å². The summed E-state index contributed by atoms with van der Waals surface area (Å²) in [4.78, 5) is 6.21. The third kappa shape index (κ3) is 3.67. The molecule has 0 amide bonds. The van der Waals surface area contributed by atoms with Crippen molar-refractivity contribution in [1.82, 2.24) is 10.3 Å². The molecule has 0 aromatic carbocycles. The molecule has 2 heterocycles. The van der Waals surface area contributed by atoms with Crippen molar-refractivity contribution in [2.45, 2.75) is 45.9 Å². The molecule has 0 aliphatic carbocycles. The molecule has 1 N–H and O–H groups in total. The lowest BCUT2D eigenvalue weighted by atomic mass is 10.2. The molecule has 2 rings (SSSR count). The molecule has 1 fully saturated rings. The van der Waals surface area contributed by atoms with Crippen LogP contribution in [0.4, 0.5) is 10.2 Å². The number of pyridine rings is 1. The number of ether oxygens (including phenoxy) is 1. The fourth-order valence-corrected chi connectivity index (χ4v) is 2.58. The molecule has 1 aliphatic rings. The first-order valence-electron chi connectivity index (χ1n) is 7.36. The van der Waals surface area contributed by atoms with E-state index < -0.39 is 0 Å². The first kappa shape index (κ1) is 15.2. The van der Waals surface area contributed by atoms with Crippen molar-refractivity contribution in [2.75, 3.05) is 24.5 Å². The number of anilines is 1. The molecule has 2 unspecified atom stereocenters. The van der Waals surface area contributed by atoms with Crippen LogP contribution in [-0.4, -0.2) is 36.8 Å². The molecule has 2 atom stereocenters. The maximum atomic E-state index is 14.6. The second-order valence-corrected chi connectivity index (χ2v) is 5.45. The predicted octanol–water partition coefficient (Wildman–Crippen LogP) is 2.33. The molecule has 5 heteroatoms. The van der Waals surface area contributed by atoms with Crippen molar-refractivity contribution >= 4 is 5.82 Å². The van der Waals surface area contributed by atoms with Gasteiger partial charge in [-0.1, -0.05) is 6.92 Å². The topological polar surface area (TPSA) is 37.4 Å². The van der Waals surface area contributed by atoms with Gasteiger partial charge in [0.1, 0.15) is 0 Å². The molecular formula is C15H24FN3O. The summed E-state index contributed by atoms with van der Waals surface area (Å²) in [5, 5.41) is 3.23. The Bertz CT molecular complexity index is 431. The average molecular weight is 281 g/mol. The summed E-state index contributed by atoms with van der Waals surface area (Å²) in [5.41, 5.74) is 0.676. The molecule has 0 saturated carbocycles. The summed E-state index contributed by atoms with van der Waals surface area (Å²) < 4.78 is 20.2. The molecule has 0 spiro atoms. The fourth-order valence-electron chi connectivity index (χ4n) is 2.58. The Labute approximate surface area is 120 Å². The van der Waals surface area contributed by atoms with Gasteiger partial charge in [0.05, 0.1) is 12.2 Å². The Morgan fingerprint density at radius 3 is 2.75 bits per heavy atom. The Hall–Kier alpha value is -1.20. The van der Waals surface area contributed by atoms with Gasteiger partial charge in [-0.15, -0.1) is 0 Å². The molecule has 1 aliphatic heterocycles. The maximum Gasteiger partial charge on any atom is 0.170 e. The summed E-state index contributed by atoms with van der Waals surface area (Å²) in [6.07, 6.45) is 2.92. The van der Waals surface area contributed by atoms with Gasteiger partial charge in [0.25, 0.3) is 0 Å². The lowest BCUT2D eigenvalue weighted by Crippen LogP contribution is -2.46. The van der Waals surface area contributed by atoms with Crippen LogP contribution < -0.4 is 10.2 Å². The first-order chi connectivity index (χ1) is 9.61. The van der Waals surface area contributed by atoms with Crippen LogP contribution in [0.1, 0.15) is 32.8 Å². The minimum Gasteiger partial charge on any atom is -0.372 e. The van der Waals surface area contributed by atoms with Gasteiger partial charge in [-0.2, -0.15) is 0 Å². The van der Waals surface area contributed by atoms with Crippen molar-refractivity contribution in [3.8, 4) is 0 Å². The summed E-state index contributed by atoms with van der Waals surface area (Å²) in [6.45, 7) is 8.91. The van der Waals surface area contributed by atoms with E-state index in [1.807, 2.05) is 18.7 Å². The molecule has 0 bridgehead atoms. The summed E-state index contributed by atoms with van der Waals surface area (Å²) >= 11 is 0. The van der Waals surface area contributed by atoms with Gasteiger partial charge in [0.2, 0.25) is 0 Å². The van der Waals surface area contributed by atoms with E-state index in [2.05, 4.69) is 17.2 Å². The molecule has 20 heavy (non-hydrogen) atoms.